The normalized spacial score (nSPS) is 29.0. The highest BCUT2D eigenvalue weighted by Crippen LogP contribution is 2.15. The van der Waals surface area contributed by atoms with Crippen LogP contribution in [-0.4, -0.2) is 18.8 Å². The minimum Gasteiger partial charge on any atom is -0.374 e. The van der Waals surface area contributed by atoms with E-state index in [2.05, 4.69) is 13.0 Å². The van der Waals surface area contributed by atoms with Gasteiger partial charge in [0.05, 0.1) is 6.10 Å². The molecule has 1 fully saturated rings. The van der Waals surface area contributed by atoms with Crippen LogP contribution in [0.15, 0.2) is 11.6 Å². The summed E-state index contributed by atoms with van der Waals surface area (Å²) in [5.41, 5.74) is 6.92. The van der Waals surface area contributed by atoms with Crippen molar-refractivity contribution in [3.8, 4) is 0 Å². The molecule has 1 saturated heterocycles. The van der Waals surface area contributed by atoms with Gasteiger partial charge in [-0.25, -0.2) is 0 Å². The van der Waals surface area contributed by atoms with E-state index >= 15 is 0 Å². The van der Waals surface area contributed by atoms with Crippen molar-refractivity contribution in [1.29, 1.82) is 0 Å². The van der Waals surface area contributed by atoms with Crippen LogP contribution in [0.4, 0.5) is 0 Å². The molecule has 1 rings (SSSR count). The predicted octanol–water partition coefficient (Wildman–Crippen LogP) is 1.46. The maximum atomic E-state index is 5.69. The standard InChI is InChI=1S/C9H17NO/c1-7(8(2)10)6-9-4-3-5-11-9/h6,8-9H,3-5,10H2,1-2H3. The van der Waals surface area contributed by atoms with Crippen molar-refractivity contribution in [2.75, 3.05) is 6.61 Å². The van der Waals surface area contributed by atoms with Crippen LogP contribution in [0.25, 0.3) is 0 Å². The average Bonchev–Trinajstić information content (AvgIpc) is 2.39. The highest BCUT2D eigenvalue weighted by molar-refractivity contribution is 5.08. The van der Waals surface area contributed by atoms with Crippen molar-refractivity contribution >= 4 is 0 Å². The van der Waals surface area contributed by atoms with Gasteiger partial charge < -0.3 is 10.5 Å². The van der Waals surface area contributed by atoms with Crippen molar-refractivity contribution < 1.29 is 4.74 Å². The number of ether oxygens (including phenoxy) is 1. The molecule has 0 aromatic rings. The van der Waals surface area contributed by atoms with Crippen molar-refractivity contribution in [3.63, 3.8) is 0 Å². The second-order valence-electron chi connectivity index (χ2n) is 3.25. The zero-order chi connectivity index (χ0) is 8.27. The van der Waals surface area contributed by atoms with E-state index in [0.717, 1.165) is 13.0 Å². The maximum absolute atomic E-state index is 5.69. The Balaban J connectivity index is 2.42. The summed E-state index contributed by atoms with van der Waals surface area (Å²) < 4.78 is 5.44. The molecule has 2 unspecified atom stereocenters. The molecule has 0 radical (unpaired) electrons. The zero-order valence-corrected chi connectivity index (χ0v) is 7.34. The van der Waals surface area contributed by atoms with Crippen molar-refractivity contribution in [2.24, 2.45) is 5.73 Å². The third-order valence-electron chi connectivity index (χ3n) is 2.13. The smallest absolute Gasteiger partial charge is 0.0759 e. The zero-order valence-electron chi connectivity index (χ0n) is 7.34. The highest BCUT2D eigenvalue weighted by atomic mass is 16.5. The molecular weight excluding hydrogens is 138 g/mol. The van der Waals surface area contributed by atoms with E-state index in [1.165, 1.54) is 12.0 Å². The summed E-state index contributed by atoms with van der Waals surface area (Å²) >= 11 is 0. The quantitative estimate of drug-likeness (QED) is 0.613. The van der Waals surface area contributed by atoms with Gasteiger partial charge in [-0.15, -0.1) is 0 Å². The maximum Gasteiger partial charge on any atom is 0.0759 e. The number of nitrogens with two attached hydrogens (primary N) is 1. The summed E-state index contributed by atoms with van der Waals surface area (Å²) in [6, 6.07) is 0.166. The molecule has 11 heavy (non-hydrogen) atoms. The van der Waals surface area contributed by atoms with Crippen LogP contribution in [0.3, 0.4) is 0 Å². The molecule has 2 N–H and O–H groups in total. The fourth-order valence-corrected chi connectivity index (χ4v) is 1.18. The minimum atomic E-state index is 0.166. The fourth-order valence-electron chi connectivity index (χ4n) is 1.18. The first-order valence-electron chi connectivity index (χ1n) is 4.25. The lowest BCUT2D eigenvalue weighted by Crippen LogP contribution is -2.17. The van der Waals surface area contributed by atoms with Gasteiger partial charge in [-0.2, -0.15) is 0 Å². The molecule has 2 atom stereocenters. The lowest BCUT2D eigenvalue weighted by molar-refractivity contribution is 0.145. The summed E-state index contributed by atoms with van der Waals surface area (Å²) in [4.78, 5) is 0. The summed E-state index contributed by atoms with van der Waals surface area (Å²) in [5, 5.41) is 0. The summed E-state index contributed by atoms with van der Waals surface area (Å²) in [6.07, 6.45) is 4.83. The number of hydrogen-bond donors (Lipinski definition) is 1. The Morgan fingerprint density at radius 3 is 2.91 bits per heavy atom. The molecule has 64 valence electrons. The van der Waals surface area contributed by atoms with E-state index in [0.29, 0.717) is 6.10 Å². The molecule has 0 aromatic heterocycles. The van der Waals surface area contributed by atoms with Crippen LogP contribution in [0, 0.1) is 0 Å². The predicted molar refractivity (Wildman–Crippen MR) is 46.4 cm³/mol. The largest absolute Gasteiger partial charge is 0.374 e. The Hall–Kier alpha value is -0.340. The van der Waals surface area contributed by atoms with E-state index in [1.807, 2.05) is 6.92 Å². The van der Waals surface area contributed by atoms with Gasteiger partial charge in [0.1, 0.15) is 0 Å². The summed E-state index contributed by atoms with van der Waals surface area (Å²) in [6.45, 7) is 4.97. The molecular formula is C9H17NO. The van der Waals surface area contributed by atoms with Gasteiger partial charge in [0.15, 0.2) is 0 Å². The van der Waals surface area contributed by atoms with E-state index < -0.39 is 0 Å². The second-order valence-corrected chi connectivity index (χ2v) is 3.25. The molecule has 0 amide bonds. The molecule has 0 bridgehead atoms. The van der Waals surface area contributed by atoms with Crippen molar-refractivity contribution in [1.82, 2.24) is 0 Å². The lowest BCUT2D eigenvalue weighted by Gasteiger charge is -2.08. The van der Waals surface area contributed by atoms with Crippen LogP contribution in [-0.2, 0) is 4.74 Å². The van der Waals surface area contributed by atoms with Crippen molar-refractivity contribution in [3.05, 3.63) is 11.6 Å². The third kappa shape index (κ3) is 2.64. The van der Waals surface area contributed by atoms with Gasteiger partial charge in [-0.1, -0.05) is 11.6 Å². The van der Waals surface area contributed by atoms with Crippen LogP contribution in [0.2, 0.25) is 0 Å². The topological polar surface area (TPSA) is 35.2 Å². The molecule has 0 aliphatic carbocycles. The molecule has 1 aliphatic heterocycles. The molecule has 1 aliphatic rings. The van der Waals surface area contributed by atoms with Gasteiger partial charge in [0.25, 0.3) is 0 Å². The molecule has 1 heterocycles. The van der Waals surface area contributed by atoms with Gasteiger partial charge in [-0.05, 0) is 26.7 Å². The Bertz CT molecular complexity index is 146. The molecule has 2 nitrogen and oxygen atoms in total. The van der Waals surface area contributed by atoms with E-state index in [4.69, 9.17) is 10.5 Å². The second kappa shape index (κ2) is 3.88. The average molecular weight is 155 g/mol. The van der Waals surface area contributed by atoms with Crippen LogP contribution in [0.5, 0.6) is 0 Å². The van der Waals surface area contributed by atoms with Gasteiger partial charge in [-0.3, -0.25) is 0 Å². The number of rotatable bonds is 2. The molecule has 0 spiro atoms. The molecule has 2 heteroatoms. The Morgan fingerprint density at radius 2 is 2.45 bits per heavy atom. The first-order chi connectivity index (χ1) is 5.20. The van der Waals surface area contributed by atoms with Crippen LogP contribution < -0.4 is 5.73 Å². The van der Waals surface area contributed by atoms with Crippen LogP contribution in [0.1, 0.15) is 26.7 Å². The van der Waals surface area contributed by atoms with Gasteiger partial charge >= 0.3 is 0 Å². The summed E-state index contributed by atoms with van der Waals surface area (Å²) in [7, 11) is 0. The van der Waals surface area contributed by atoms with E-state index in [1.54, 1.807) is 0 Å². The summed E-state index contributed by atoms with van der Waals surface area (Å²) in [5.74, 6) is 0. The third-order valence-corrected chi connectivity index (χ3v) is 2.13. The lowest BCUT2D eigenvalue weighted by atomic mass is 10.1. The minimum absolute atomic E-state index is 0.166. The highest BCUT2D eigenvalue weighted by Gasteiger charge is 2.13. The molecule has 0 saturated carbocycles. The first kappa shape index (κ1) is 8.75. The van der Waals surface area contributed by atoms with Crippen LogP contribution >= 0.6 is 0 Å². The molecule has 0 aromatic carbocycles. The number of hydrogen-bond acceptors (Lipinski definition) is 2. The Kier molecular flexibility index (Phi) is 3.09. The van der Waals surface area contributed by atoms with E-state index in [-0.39, 0.29) is 6.04 Å². The Labute approximate surface area is 68.4 Å². The Morgan fingerprint density at radius 1 is 1.73 bits per heavy atom. The van der Waals surface area contributed by atoms with Gasteiger partial charge in [0.2, 0.25) is 0 Å². The SMILES string of the molecule is CC(=CC1CCCO1)C(C)N. The monoisotopic (exact) mass is 155 g/mol. The van der Waals surface area contributed by atoms with Crippen molar-refractivity contribution in [2.45, 2.75) is 38.8 Å². The first-order valence-corrected chi connectivity index (χ1v) is 4.25. The van der Waals surface area contributed by atoms with Gasteiger partial charge in [0, 0.05) is 12.6 Å². The van der Waals surface area contributed by atoms with E-state index in [9.17, 15) is 0 Å². The fraction of sp³-hybridized carbons (Fsp3) is 0.778.